The van der Waals surface area contributed by atoms with Gasteiger partial charge in [0.2, 0.25) is 5.91 Å². The zero-order valence-electron chi connectivity index (χ0n) is 20.8. The lowest BCUT2D eigenvalue weighted by Gasteiger charge is -2.37. The number of thiophene rings is 1. The summed E-state index contributed by atoms with van der Waals surface area (Å²) in [6.45, 7) is 5.23. The fourth-order valence-electron chi connectivity index (χ4n) is 5.38. The van der Waals surface area contributed by atoms with Gasteiger partial charge in [0.15, 0.2) is 0 Å². The van der Waals surface area contributed by atoms with E-state index >= 15 is 0 Å². The van der Waals surface area contributed by atoms with Crippen molar-refractivity contribution in [3.8, 4) is 0 Å². The van der Waals surface area contributed by atoms with Gasteiger partial charge in [0, 0.05) is 55.3 Å². The van der Waals surface area contributed by atoms with E-state index in [1.807, 2.05) is 11.0 Å². The third kappa shape index (κ3) is 5.28. The summed E-state index contributed by atoms with van der Waals surface area (Å²) in [6.07, 6.45) is 1.61. The molecule has 0 N–H and O–H groups in total. The third-order valence-electron chi connectivity index (χ3n) is 7.33. The minimum Gasteiger partial charge on any atom is -0.340 e. The molecule has 0 spiro atoms. The second-order valence-electron chi connectivity index (χ2n) is 9.61. The molecule has 2 aliphatic rings. The van der Waals surface area contributed by atoms with Crippen LogP contribution in [0.5, 0.6) is 0 Å². The lowest BCUT2D eigenvalue weighted by Crippen LogP contribution is -2.45. The Kier molecular flexibility index (Phi) is 7.34. The maximum absolute atomic E-state index is 13.5. The van der Waals surface area contributed by atoms with Crippen molar-refractivity contribution >= 4 is 28.8 Å². The maximum atomic E-state index is 13.5. The molecular formula is C28H30N4O4S. The summed E-state index contributed by atoms with van der Waals surface area (Å²) in [6, 6.07) is 16.5. The lowest BCUT2D eigenvalue weighted by atomic mass is 9.90. The number of carbonyl (C=O) groups excluding carboxylic acids is 2. The molecule has 3 heterocycles. The highest BCUT2D eigenvalue weighted by atomic mass is 32.1. The van der Waals surface area contributed by atoms with E-state index in [2.05, 4.69) is 41.5 Å². The molecule has 2 amide bonds. The largest absolute Gasteiger partial charge is 0.340 e. The van der Waals surface area contributed by atoms with Gasteiger partial charge in [-0.05, 0) is 54.0 Å². The Hall–Kier alpha value is -3.56. The highest BCUT2D eigenvalue weighted by molar-refractivity contribution is 7.10. The van der Waals surface area contributed by atoms with Crippen molar-refractivity contribution < 1.29 is 14.5 Å². The number of carbonyl (C=O) groups is 2. The van der Waals surface area contributed by atoms with Gasteiger partial charge in [-0.25, -0.2) is 0 Å². The number of rotatable bonds is 5. The van der Waals surface area contributed by atoms with Gasteiger partial charge in [0.05, 0.1) is 17.5 Å². The molecule has 192 valence electrons. The van der Waals surface area contributed by atoms with E-state index in [0.29, 0.717) is 44.7 Å². The molecule has 0 aliphatic carbocycles. The molecule has 0 unspecified atom stereocenters. The zero-order chi connectivity index (χ0) is 25.9. The molecule has 1 aromatic heterocycles. The van der Waals surface area contributed by atoms with Gasteiger partial charge < -0.3 is 9.80 Å². The smallest absolute Gasteiger partial charge is 0.270 e. The first-order chi connectivity index (χ1) is 17.9. The third-order valence-corrected chi connectivity index (χ3v) is 8.32. The minimum absolute atomic E-state index is 0.0547. The summed E-state index contributed by atoms with van der Waals surface area (Å²) < 4.78 is 0. The van der Waals surface area contributed by atoms with E-state index < -0.39 is 4.92 Å². The summed E-state index contributed by atoms with van der Waals surface area (Å²) in [4.78, 5) is 44.4. The van der Waals surface area contributed by atoms with E-state index in [9.17, 15) is 19.7 Å². The van der Waals surface area contributed by atoms with E-state index in [1.54, 1.807) is 22.3 Å². The molecule has 0 saturated carbocycles. The van der Waals surface area contributed by atoms with Crippen LogP contribution in [0.25, 0.3) is 0 Å². The number of nitrogens with zero attached hydrogens (tertiary/aromatic N) is 4. The summed E-state index contributed by atoms with van der Waals surface area (Å²) >= 11 is 1.79. The molecule has 0 radical (unpaired) electrons. The van der Waals surface area contributed by atoms with Crippen molar-refractivity contribution in [2.45, 2.75) is 25.8 Å². The summed E-state index contributed by atoms with van der Waals surface area (Å²) in [5.74, 6) is -0.166. The van der Waals surface area contributed by atoms with E-state index in [1.165, 1.54) is 39.8 Å². The Bertz CT molecular complexity index is 1320. The van der Waals surface area contributed by atoms with Crippen LogP contribution in [0.2, 0.25) is 0 Å². The molecule has 5 rings (SSSR count). The molecule has 9 heteroatoms. The van der Waals surface area contributed by atoms with Crippen LogP contribution in [-0.2, 0) is 11.2 Å². The van der Waals surface area contributed by atoms with Gasteiger partial charge in [-0.1, -0.05) is 30.3 Å². The van der Waals surface area contributed by atoms with Crippen LogP contribution in [0.3, 0.4) is 0 Å². The minimum atomic E-state index is -0.497. The van der Waals surface area contributed by atoms with Crippen molar-refractivity contribution in [3.05, 3.63) is 97.2 Å². The number of nitro benzene ring substituents is 1. The van der Waals surface area contributed by atoms with Crippen LogP contribution in [-0.4, -0.2) is 70.7 Å². The molecule has 1 fully saturated rings. The van der Waals surface area contributed by atoms with Crippen LogP contribution in [0.4, 0.5) is 5.69 Å². The monoisotopic (exact) mass is 518 g/mol. The Balaban J connectivity index is 1.27. The Morgan fingerprint density at radius 3 is 2.57 bits per heavy atom. The number of fused-ring (bicyclic) bond motifs is 1. The second-order valence-corrected chi connectivity index (χ2v) is 10.6. The predicted molar refractivity (Wildman–Crippen MR) is 143 cm³/mol. The number of non-ortho nitro benzene ring substituents is 1. The van der Waals surface area contributed by atoms with Crippen molar-refractivity contribution in [2.75, 3.05) is 39.3 Å². The fourth-order valence-corrected chi connectivity index (χ4v) is 6.28. The molecule has 1 atom stereocenters. The fraction of sp³-hybridized carbons (Fsp3) is 0.357. The molecule has 1 saturated heterocycles. The van der Waals surface area contributed by atoms with Crippen LogP contribution < -0.4 is 0 Å². The summed E-state index contributed by atoms with van der Waals surface area (Å²) in [7, 11) is 0. The van der Waals surface area contributed by atoms with Crippen LogP contribution in [0.15, 0.2) is 60.0 Å². The van der Waals surface area contributed by atoms with E-state index in [-0.39, 0.29) is 23.5 Å². The quantitative estimate of drug-likeness (QED) is 0.372. The van der Waals surface area contributed by atoms with Gasteiger partial charge in [0.1, 0.15) is 0 Å². The van der Waals surface area contributed by atoms with Crippen molar-refractivity contribution in [1.29, 1.82) is 0 Å². The average molecular weight is 519 g/mol. The van der Waals surface area contributed by atoms with E-state index in [4.69, 9.17) is 0 Å². The van der Waals surface area contributed by atoms with E-state index in [0.717, 1.165) is 13.0 Å². The molecule has 3 aromatic rings. The van der Waals surface area contributed by atoms with Crippen LogP contribution >= 0.6 is 11.3 Å². The molecule has 2 aromatic carbocycles. The molecule has 0 bridgehead atoms. The second kappa shape index (κ2) is 10.8. The summed E-state index contributed by atoms with van der Waals surface area (Å²) in [5.41, 5.74) is 3.95. The predicted octanol–water partition coefficient (Wildman–Crippen LogP) is 4.29. The van der Waals surface area contributed by atoms with Crippen molar-refractivity contribution in [3.63, 3.8) is 0 Å². The Morgan fingerprint density at radius 2 is 1.76 bits per heavy atom. The number of hydrogen-bond acceptors (Lipinski definition) is 6. The average Bonchev–Trinajstić information content (AvgIpc) is 3.24. The topological polar surface area (TPSA) is 87.0 Å². The molecule has 37 heavy (non-hydrogen) atoms. The normalized spacial score (nSPS) is 18.2. The highest BCUT2D eigenvalue weighted by Crippen LogP contribution is 2.38. The van der Waals surface area contributed by atoms with Gasteiger partial charge in [-0.2, -0.15) is 0 Å². The zero-order valence-corrected chi connectivity index (χ0v) is 21.7. The number of nitro groups is 1. The number of hydrogen-bond donors (Lipinski definition) is 0. The lowest BCUT2D eigenvalue weighted by molar-refractivity contribution is -0.384. The Labute approximate surface area is 220 Å². The maximum Gasteiger partial charge on any atom is 0.270 e. The highest BCUT2D eigenvalue weighted by Gasteiger charge is 2.33. The van der Waals surface area contributed by atoms with Gasteiger partial charge in [-0.15, -0.1) is 11.3 Å². The molecule has 8 nitrogen and oxygen atoms in total. The van der Waals surface area contributed by atoms with Gasteiger partial charge >= 0.3 is 0 Å². The number of aryl methyl sites for hydroxylation is 1. The Morgan fingerprint density at radius 1 is 0.973 bits per heavy atom. The summed E-state index contributed by atoms with van der Waals surface area (Å²) in [5, 5.41) is 13.2. The number of amides is 2. The van der Waals surface area contributed by atoms with Crippen LogP contribution in [0, 0.1) is 17.0 Å². The molecular weight excluding hydrogens is 488 g/mol. The first kappa shape index (κ1) is 25.1. The van der Waals surface area contributed by atoms with Crippen LogP contribution in [0.1, 0.15) is 44.4 Å². The first-order valence-corrected chi connectivity index (χ1v) is 13.5. The first-order valence-electron chi connectivity index (χ1n) is 12.6. The van der Waals surface area contributed by atoms with Crippen molar-refractivity contribution in [2.24, 2.45) is 0 Å². The van der Waals surface area contributed by atoms with Gasteiger partial charge in [0.25, 0.3) is 11.6 Å². The number of benzene rings is 2. The SMILES string of the molecule is Cc1ccccc1[C@H]1c2ccsc2CCN1CC(=O)N1CCCN(C(=O)c2cccc([N+](=O)[O-])c2)CC1. The molecule has 2 aliphatic heterocycles. The standard InChI is InChI=1S/C28H30N4O4S/c1-20-6-2-3-9-23(20)27-24-11-17-37-25(24)10-14-31(27)19-26(33)29-12-5-13-30(16-15-29)28(34)21-7-4-8-22(18-21)32(35)36/h2-4,6-9,11,17-18,27H,5,10,12-16,19H2,1H3/t27-/m0/s1. The van der Waals surface area contributed by atoms with Gasteiger partial charge in [-0.3, -0.25) is 24.6 Å². The van der Waals surface area contributed by atoms with Crippen molar-refractivity contribution in [1.82, 2.24) is 14.7 Å².